The molecule has 0 heterocycles. The molecule has 0 unspecified atom stereocenters. The van der Waals surface area contributed by atoms with Gasteiger partial charge in [-0.05, 0) is 30.0 Å². The molecule has 0 atom stereocenters. The van der Waals surface area contributed by atoms with Crippen molar-refractivity contribution < 1.29 is 18.4 Å². The topological polar surface area (TPSA) is 44.8 Å². The van der Waals surface area contributed by atoms with Crippen molar-refractivity contribution in [2.75, 3.05) is 20.8 Å². The largest absolute Gasteiger partial charge is 0.463 e. The van der Waals surface area contributed by atoms with Crippen LogP contribution in [0.1, 0.15) is 18.4 Å². The average molecular weight is 294 g/mol. The first-order valence-electron chi connectivity index (χ1n) is 6.65. The summed E-state index contributed by atoms with van der Waals surface area (Å²) in [4.78, 5) is 10.9. The zero-order valence-corrected chi connectivity index (χ0v) is 13.3. The summed E-state index contributed by atoms with van der Waals surface area (Å²) in [5.41, 5.74) is 1.25. The minimum absolute atomic E-state index is 0.364. The molecule has 0 aliphatic rings. The molecule has 4 nitrogen and oxygen atoms in total. The van der Waals surface area contributed by atoms with E-state index in [1.54, 1.807) is 14.2 Å². The fourth-order valence-corrected chi connectivity index (χ4v) is 3.50. The molecule has 20 heavy (non-hydrogen) atoms. The Hall–Kier alpha value is -1.43. The maximum Gasteiger partial charge on any atom is 0.355 e. The van der Waals surface area contributed by atoms with E-state index in [4.69, 9.17) is 13.6 Å². The van der Waals surface area contributed by atoms with Crippen molar-refractivity contribution in [3.8, 4) is 0 Å². The van der Waals surface area contributed by atoms with Crippen LogP contribution in [-0.2, 0) is 24.8 Å². The van der Waals surface area contributed by atoms with Crippen LogP contribution < -0.4 is 5.19 Å². The van der Waals surface area contributed by atoms with Gasteiger partial charge >= 0.3 is 15.3 Å². The van der Waals surface area contributed by atoms with Crippen LogP contribution in [0, 0.1) is 0 Å². The quantitative estimate of drug-likeness (QED) is 0.299. The van der Waals surface area contributed by atoms with Crippen molar-refractivity contribution in [2.24, 2.45) is 0 Å². The number of hydrogen-bond donors (Lipinski definition) is 0. The van der Waals surface area contributed by atoms with Gasteiger partial charge in [0.25, 0.3) is 0 Å². The first-order chi connectivity index (χ1) is 9.72. The van der Waals surface area contributed by atoms with Crippen LogP contribution in [0.2, 0.25) is 0 Å². The van der Waals surface area contributed by atoms with Crippen molar-refractivity contribution in [1.82, 2.24) is 0 Å². The van der Waals surface area contributed by atoms with E-state index in [1.165, 1.54) is 16.8 Å². The molecule has 0 spiro atoms. The number of carbonyl (C=O) groups excluding carboxylic acids is 1. The minimum atomic E-state index is -1.77. The predicted molar refractivity (Wildman–Crippen MR) is 81.3 cm³/mol. The average Bonchev–Trinajstić information content (AvgIpc) is 2.49. The van der Waals surface area contributed by atoms with Crippen LogP contribution in [0.3, 0.4) is 0 Å². The molecule has 0 aromatic heterocycles. The van der Waals surface area contributed by atoms with E-state index in [2.05, 4.69) is 18.7 Å². The summed E-state index contributed by atoms with van der Waals surface area (Å²) in [6, 6.07) is 8.19. The van der Waals surface area contributed by atoms with Gasteiger partial charge in [0.15, 0.2) is 0 Å². The first-order valence-corrected chi connectivity index (χ1v) is 8.17. The van der Waals surface area contributed by atoms with E-state index in [9.17, 15) is 4.79 Å². The van der Waals surface area contributed by atoms with Crippen molar-refractivity contribution >= 4 is 20.4 Å². The van der Waals surface area contributed by atoms with Gasteiger partial charge in [0, 0.05) is 20.3 Å². The Bertz CT molecular complexity index is 430. The molecule has 5 heteroatoms. The third-order valence-electron chi connectivity index (χ3n) is 2.99. The predicted octanol–water partition coefficient (Wildman–Crippen LogP) is 1.46. The molecular formula is C15H22O4Si. The van der Waals surface area contributed by atoms with Crippen molar-refractivity contribution in [3.63, 3.8) is 0 Å². The van der Waals surface area contributed by atoms with Crippen LogP contribution in [-0.4, -0.2) is 36.1 Å². The SMILES string of the molecule is C=CC(=O)OCCCCc1ccccc1[SiH](OC)OC. The summed E-state index contributed by atoms with van der Waals surface area (Å²) >= 11 is 0. The molecule has 0 aliphatic carbocycles. The molecule has 110 valence electrons. The van der Waals surface area contributed by atoms with E-state index in [0.29, 0.717) is 6.61 Å². The van der Waals surface area contributed by atoms with Gasteiger partial charge in [-0.2, -0.15) is 0 Å². The monoisotopic (exact) mass is 294 g/mol. The molecule has 0 saturated carbocycles. The first kappa shape index (κ1) is 16.6. The normalized spacial score (nSPS) is 10.6. The third kappa shape index (κ3) is 5.28. The van der Waals surface area contributed by atoms with E-state index >= 15 is 0 Å². The van der Waals surface area contributed by atoms with Gasteiger partial charge in [-0.15, -0.1) is 0 Å². The van der Waals surface area contributed by atoms with E-state index in [0.717, 1.165) is 19.3 Å². The molecule has 1 aromatic rings. The molecule has 0 N–H and O–H groups in total. The van der Waals surface area contributed by atoms with Crippen LogP contribution in [0.25, 0.3) is 0 Å². The third-order valence-corrected chi connectivity index (χ3v) is 4.92. The lowest BCUT2D eigenvalue weighted by Crippen LogP contribution is -2.37. The highest BCUT2D eigenvalue weighted by molar-refractivity contribution is 6.61. The Morgan fingerprint density at radius 2 is 1.95 bits per heavy atom. The smallest absolute Gasteiger partial charge is 0.355 e. The Balaban J connectivity index is 2.47. The van der Waals surface area contributed by atoms with Gasteiger partial charge in [-0.1, -0.05) is 30.8 Å². The molecule has 0 radical (unpaired) electrons. The van der Waals surface area contributed by atoms with Crippen LogP contribution in [0.15, 0.2) is 36.9 Å². The molecule has 0 aliphatic heterocycles. The second-order valence-corrected chi connectivity index (χ2v) is 6.56. The van der Waals surface area contributed by atoms with Gasteiger partial charge in [0.2, 0.25) is 0 Å². The number of esters is 1. The second-order valence-electron chi connectivity index (χ2n) is 4.33. The highest BCUT2D eigenvalue weighted by atomic mass is 28.3. The number of ether oxygens (including phenoxy) is 1. The fraction of sp³-hybridized carbons (Fsp3) is 0.400. The zero-order chi connectivity index (χ0) is 14.8. The van der Waals surface area contributed by atoms with Gasteiger partial charge in [-0.25, -0.2) is 4.79 Å². The van der Waals surface area contributed by atoms with Gasteiger partial charge in [-0.3, -0.25) is 0 Å². The molecule has 1 rings (SSSR count). The fourth-order valence-electron chi connectivity index (χ4n) is 1.99. The molecule has 0 bridgehead atoms. The van der Waals surface area contributed by atoms with Crippen molar-refractivity contribution in [2.45, 2.75) is 19.3 Å². The Kier molecular flexibility index (Phi) is 7.87. The lowest BCUT2D eigenvalue weighted by molar-refractivity contribution is -0.137. The number of carbonyl (C=O) groups is 1. The number of rotatable bonds is 9. The van der Waals surface area contributed by atoms with E-state index in [1.807, 2.05) is 12.1 Å². The summed E-state index contributed by atoms with van der Waals surface area (Å²) in [5.74, 6) is -0.364. The molecule has 1 aromatic carbocycles. The summed E-state index contributed by atoms with van der Waals surface area (Å²) in [6.07, 6.45) is 3.90. The van der Waals surface area contributed by atoms with Crippen molar-refractivity contribution in [3.05, 3.63) is 42.5 Å². The number of hydrogen-bond acceptors (Lipinski definition) is 4. The summed E-state index contributed by atoms with van der Waals surface area (Å²) in [5, 5.41) is 1.18. The lowest BCUT2D eigenvalue weighted by atomic mass is 10.1. The Labute approximate surface area is 122 Å². The van der Waals surface area contributed by atoms with Gasteiger partial charge in [0.1, 0.15) is 0 Å². The van der Waals surface area contributed by atoms with Crippen LogP contribution >= 0.6 is 0 Å². The summed E-state index contributed by atoms with van der Waals surface area (Å²) in [6.45, 7) is 3.79. The summed E-state index contributed by atoms with van der Waals surface area (Å²) in [7, 11) is 1.60. The Morgan fingerprint density at radius 3 is 2.60 bits per heavy atom. The number of benzene rings is 1. The molecule has 0 saturated heterocycles. The standard InChI is InChI=1S/C15H22O4Si/c1-4-15(16)19-12-8-7-10-13-9-5-6-11-14(13)20(17-2)18-3/h4-6,9,11,20H,1,7-8,10,12H2,2-3H3. The number of unbranched alkanes of at least 4 members (excludes halogenated alkanes) is 1. The highest BCUT2D eigenvalue weighted by Gasteiger charge is 2.16. The van der Waals surface area contributed by atoms with Crippen LogP contribution in [0.5, 0.6) is 0 Å². The summed E-state index contributed by atoms with van der Waals surface area (Å²) < 4.78 is 15.8. The maximum atomic E-state index is 10.9. The van der Waals surface area contributed by atoms with Crippen LogP contribution in [0.4, 0.5) is 0 Å². The van der Waals surface area contributed by atoms with E-state index in [-0.39, 0.29) is 5.97 Å². The number of aryl methyl sites for hydroxylation is 1. The van der Waals surface area contributed by atoms with Gasteiger partial charge in [0.05, 0.1) is 6.61 Å². The highest BCUT2D eigenvalue weighted by Crippen LogP contribution is 2.05. The molecular weight excluding hydrogens is 272 g/mol. The second kappa shape index (κ2) is 9.47. The maximum absolute atomic E-state index is 10.9. The van der Waals surface area contributed by atoms with Gasteiger partial charge < -0.3 is 13.6 Å². The Morgan fingerprint density at radius 1 is 1.25 bits per heavy atom. The molecule has 0 amide bonds. The zero-order valence-electron chi connectivity index (χ0n) is 12.1. The molecule has 0 fully saturated rings. The lowest BCUT2D eigenvalue weighted by Gasteiger charge is -2.15. The van der Waals surface area contributed by atoms with E-state index < -0.39 is 9.28 Å². The minimum Gasteiger partial charge on any atom is -0.463 e. The van der Waals surface area contributed by atoms with Crippen molar-refractivity contribution in [1.29, 1.82) is 0 Å².